The molecule has 0 spiro atoms. The molecule has 204 valence electrons. The molecule has 1 aliphatic heterocycles. The Hall–Kier alpha value is -3.53. The molecule has 3 aromatic heterocycles. The van der Waals surface area contributed by atoms with Gasteiger partial charge in [0.25, 0.3) is 5.56 Å². The molecule has 0 N–H and O–H groups in total. The van der Waals surface area contributed by atoms with Crippen molar-refractivity contribution >= 4 is 5.65 Å². The second kappa shape index (κ2) is 9.59. The van der Waals surface area contributed by atoms with Crippen LogP contribution in [0.1, 0.15) is 61.0 Å². The molecule has 39 heavy (non-hydrogen) atoms. The van der Waals surface area contributed by atoms with Crippen LogP contribution in [-0.4, -0.2) is 42.1 Å². The maximum atomic E-state index is 14.1. The van der Waals surface area contributed by atoms with E-state index in [1.54, 1.807) is 6.33 Å². The summed E-state index contributed by atoms with van der Waals surface area (Å²) in [4.78, 5) is 20.0. The summed E-state index contributed by atoms with van der Waals surface area (Å²) >= 11 is 0. The van der Waals surface area contributed by atoms with E-state index in [4.69, 9.17) is 0 Å². The van der Waals surface area contributed by atoms with Crippen LogP contribution in [0.25, 0.3) is 16.8 Å². The molecule has 0 unspecified atom stereocenters. The molecule has 1 aromatic carbocycles. The lowest BCUT2D eigenvalue weighted by Crippen LogP contribution is -2.34. The summed E-state index contributed by atoms with van der Waals surface area (Å²) in [5.74, 6) is 2.21. The van der Waals surface area contributed by atoms with Crippen molar-refractivity contribution in [1.82, 2.24) is 29.0 Å². The third-order valence-electron chi connectivity index (χ3n) is 8.32. The Bertz CT molecular complexity index is 1590. The Morgan fingerprint density at radius 2 is 1.95 bits per heavy atom. The Morgan fingerprint density at radius 1 is 1.13 bits per heavy atom. The van der Waals surface area contributed by atoms with Gasteiger partial charge in [0.1, 0.15) is 12.2 Å². The van der Waals surface area contributed by atoms with E-state index in [9.17, 15) is 18.0 Å². The first-order chi connectivity index (χ1) is 18.6. The van der Waals surface area contributed by atoms with Crippen LogP contribution in [0.3, 0.4) is 0 Å². The number of benzene rings is 1. The van der Waals surface area contributed by atoms with Gasteiger partial charge in [-0.2, -0.15) is 13.2 Å². The number of halogens is 3. The van der Waals surface area contributed by atoms with Crippen LogP contribution in [0.4, 0.5) is 13.2 Å². The third-order valence-corrected chi connectivity index (χ3v) is 8.32. The van der Waals surface area contributed by atoms with Gasteiger partial charge in [-0.3, -0.25) is 14.1 Å². The highest BCUT2D eigenvalue weighted by Gasteiger charge is 2.51. The normalized spacial score (nSPS) is 23.8. The predicted octanol–water partition coefficient (Wildman–Crippen LogP) is 5.26. The van der Waals surface area contributed by atoms with Crippen LogP contribution in [0, 0.1) is 11.8 Å². The molecule has 4 aromatic rings. The lowest BCUT2D eigenvalue weighted by Gasteiger charge is -2.31. The number of hydrogen-bond donors (Lipinski definition) is 0. The molecule has 0 radical (unpaired) electrons. The van der Waals surface area contributed by atoms with Crippen LogP contribution in [0.2, 0.25) is 0 Å². The monoisotopic (exact) mass is 536 g/mol. The summed E-state index contributed by atoms with van der Waals surface area (Å²) in [7, 11) is 1.92. The maximum absolute atomic E-state index is 14.1. The highest BCUT2D eigenvalue weighted by molar-refractivity contribution is 5.65. The molecule has 7 nitrogen and oxygen atoms in total. The van der Waals surface area contributed by atoms with Gasteiger partial charge in [-0.15, -0.1) is 10.2 Å². The van der Waals surface area contributed by atoms with E-state index < -0.39 is 17.3 Å². The number of aromatic nitrogens is 5. The first-order valence-corrected chi connectivity index (χ1v) is 13.4. The minimum atomic E-state index is -4.63. The van der Waals surface area contributed by atoms with Gasteiger partial charge in [0.15, 0.2) is 5.65 Å². The molecule has 6 rings (SSSR count). The number of nitrogens with zero attached hydrogens (tertiary/aromatic N) is 6. The first-order valence-electron chi connectivity index (χ1n) is 13.4. The van der Waals surface area contributed by atoms with Crippen molar-refractivity contribution in [3.8, 4) is 11.1 Å². The highest BCUT2D eigenvalue weighted by Crippen LogP contribution is 2.59. The van der Waals surface area contributed by atoms with Gasteiger partial charge in [0.05, 0.1) is 11.1 Å². The smallest absolute Gasteiger partial charge is 0.320 e. The molecule has 4 atom stereocenters. The van der Waals surface area contributed by atoms with E-state index in [2.05, 4.69) is 33.9 Å². The number of piperidine rings is 1. The number of likely N-dealkylation sites (tertiary alicyclic amines) is 1. The Balaban J connectivity index is 1.39. The van der Waals surface area contributed by atoms with Gasteiger partial charge < -0.3 is 4.57 Å². The summed E-state index contributed by atoms with van der Waals surface area (Å²) in [6.07, 6.45) is 1.99. The zero-order valence-electron chi connectivity index (χ0n) is 22.2. The van der Waals surface area contributed by atoms with Crippen LogP contribution >= 0.6 is 0 Å². The molecular formula is C29H31F3N6O. The lowest BCUT2D eigenvalue weighted by molar-refractivity contribution is -0.136. The van der Waals surface area contributed by atoms with Gasteiger partial charge >= 0.3 is 6.18 Å². The molecule has 1 saturated heterocycles. The number of rotatable bonds is 5. The fraction of sp³-hybridized carbons (Fsp3) is 0.448. The largest absolute Gasteiger partial charge is 0.419 e. The zero-order valence-corrected chi connectivity index (χ0v) is 22.2. The molecule has 0 bridgehead atoms. The van der Waals surface area contributed by atoms with Gasteiger partial charge in [-0.05, 0) is 59.9 Å². The van der Waals surface area contributed by atoms with E-state index in [-0.39, 0.29) is 23.0 Å². The van der Waals surface area contributed by atoms with Crippen molar-refractivity contribution in [2.24, 2.45) is 18.9 Å². The molecule has 1 saturated carbocycles. The quantitative estimate of drug-likeness (QED) is 0.348. The molecule has 4 heterocycles. The maximum Gasteiger partial charge on any atom is 0.419 e. The lowest BCUT2D eigenvalue weighted by atomic mass is 9.99. The van der Waals surface area contributed by atoms with Gasteiger partial charge in [-0.1, -0.05) is 38.1 Å². The number of pyridine rings is 1. The van der Waals surface area contributed by atoms with Crippen LogP contribution in [0.15, 0.2) is 53.8 Å². The molecule has 2 fully saturated rings. The molecule has 1 aliphatic carbocycles. The molecule has 2 aliphatic rings. The van der Waals surface area contributed by atoms with E-state index in [0.717, 1.165) is 47.8 Å². The highest BCUT2D eigenvalue weighted by atomic mass is 19.4. The topological polar surface area (TPSA) is 68.3 Å². The van der Waals surface area contributed by atoms with Crippen molar-refractivity contribution < 1.29 is 13.2 Å². The standard InChI is InChI=1S/C29H31F3N6O/c1-17-6-5-9-37(13-17)14-19-10-23(29(30,31)32)26-33-12-22(28(39)38(26)15-19)20-7-4-8-21(11-20)24-18(2)25(24)27-35-34-16-36(27)3/h4,7-8,10-12,15-18,24-25H,5-6,9,13-14H2,1-3H3/t17-,18-,24+,25+/m0/s1. The zero-order chi connectivity index (χ0) is 27.5. The minimum absolute atomic E-state index is 0.220. The third kappa shape index (κ3) is 4.75. The average Bonchev–Trinajstić information content (AvgIpc) is 3.36. The summed E-state index contributed by atoms with van der Waals surface area (Å²) in [6.45, 7) is 6.33. The Morgan fingerprint density at radius 3 is 2.67 bits per heavy atom. The van der Waals surface area contributed by atoms with Crippen molar-refractivity contribution in [3.63, 3.8) is 0 Å². The van der Waals surface area contributed by atoms with Gasteiger partial charge in [-0.25, -0.2) is 4.98 Å². The fourth-order valence-corrected chi connectivity index (χ4v) is 6.30. The van der Waals surface area contributed by atoms with Crippen molar-refractivity contribution in [1.29, 1.82) is 0 Å². The Kier molecular flexibility index (Phi) is 6.32. The van der Waals surface area contributed by atoms with Crippen molar-refractivity contribution in [2.75, 3.05) is 13.1 Å². The van der Waals surface area contributed by atoms with E-state index in [1.807, 2.05) is 35.9 Å². The average molecular weight is 537 g/mol. The SMILES string of the molecule is C[C@H]1CCCN(Cc2cc(C(F)(F)F)c3ncc(-c4cccc([C@H]5[C@H](C)[C@H]5c5nncn5C)c4)c(=O)n3c2)C1. The van der Waals surface area contributed by atoms with E-state index in [0.29, 0.717) is 29.5 Å². The minimum Gasteiger partial charge on any atom is -0.320 e. The summed E-state index contributed by atoms with van der Waals surface area (Å²) in [6, 6.07) is 8.80. The molecule has 10 heteroatoms. The predicted molar refractivity (Wildman–Crippen MR) is 141 cm³/mol. The van der Waals surface area contributed by atoms with Crippen LogP contribution in [-0.2, 0) is 19.8 Å². The van der Waals surface area contributed by atoms with Crippen molar-refractivity contribution in [2.45, 2.75) is 51.2 Å². The Labute approximate surface area is 224 Å². The second-order valence-electron chi connectivity index (χ2n) is 11.2. The van der Waals surface area contributed by atoms with E-state index >= 15 is 0 Å². The molecule has 0 amide bonds. The first kappa shape index (κ1) is 25.7. The number of hydrogen-bond acceptors (Lipinski definition) is 5. The van der Waals surface area contributed by atoms with Crippen molar-refractivity contribution in [3.05, 3.63) is 81.9 Å². The van der Waals surface area contributed by atoms with Gasteiger partial charge in [0.2, 0.25) is 0 Å². The van der Waals surface area contributed by atoms with Gasteiger partial charge in [0, 0.05) is 38.4 Å². The van der Waals surface area contributed by atoms with Crippen LogP contribution < -0.4 is 5.56 Å². The number of alkyl halides is 3. The fourth-order valence-electron chi connectivity index (χ4n) is 6.30. The second-order valence-corrected chi connectivity index (χ2v) is 11.2. The molecular weight excluding hydrogens is 505 g/mol. The number of aryl methyl sites for hydroxylation is 1. The summed E-state index contributed by atoms with van der Waals surface area (Å²) in [5, 5.41) is 8.27. The number of fused-ring (bicyclic) bond motifs is 1. The van der Waals surface area contributed by atoms with E-state index in [1.165, 1.54) is 12.4 Å². The van der Waals surface area contributed by atoms with Crippen LogP contribution in [0.5, 0.6) is 0 Å². The summed E-state index contributed by atoms with van der Waals surface area (Å²) < 4.78 is 45.2. The summed E-state index contributed by atoms with van der Waals surface area (Å²) in [5.41, 5.74) is 0.652.